The highest BCUT2D eigenvalue weighted by Gasteiger charge is 2.20. The molecule has 2 heterocycles. The van der Waals surface area contributed by atoms with Gasteiger partial charge in [-0.25, -0.2) is 0 Å². The number of amides is 1. The van der Waals surface area contributed by atoms with E-state index in [4.69, 9.17) is 4.42 Å². The van der Waals surface area contributed by atoms with Crippen LogP contribution in [-0.2, 0) is 13.1 Å². The maximum Gasteiger partial charge on any atom is 0.275 e. The van der Waals surface area contributed by atoms with E-state index in [9.17, 15) is 4.79 Å². The summed E-state index contributed by atoms with van der Waals surface area (Å²) < 4.78 is 5.91. The molecular formula is C21H19N3O2. The van der Waals surface area contributed by atoms with Crippen molar-refractivity contribution in [1.82, 2.24) is 15.1 Å². The average Bonchev–Trinajstić information content (AvgIpc) is 3.27. The second-order valence-corrected chi connectivity index (χ2v) is 6.33. The Bertz CT molecular complexity index is 1000. The fourth-order valence-electron chi connectivity index (χ4n) is 3.00. The van der Waals surface area contributed by atoms with Gasteiger partial charge in [0.25, 0.3) is 5.91 Å². The largest absolute Gasteiger partial charge is 0.459 e. The van der Waals surface area contributed by atoms with E-state index >= 15 is 0 Å². The number of aromatic nitrogens is 2. The zero-order chi connectivity index (χ0) is 17.9. The first kappa shape index (κ1) is 16.1. The Hall–Kier alpha value is -3.34. The molecule has 4 rings (SSSR count). The van der Waals surface area contributed by atoms with Crippen LogP contribution in [0.3, 0.4) is 0 Å². The minimum Gasteiger partial charge on any atom is -0.459 e. The zero-order valence-corrected chi connectivity index (χ0v) is 14.5. The molecule has 0 bridgehead atoms. The van der Waals surface area contributed by atoms with E-state index in [0.29, 0.717) is 18.8 Å². The van der Waals surface area contributed by atoms with E-state index in [-0.39, 0.29) is 5.91 Å². The molecule has 26 heavy (non-hydrogen) atoms. The second-order valence-electron chi connectivity index (χ2n) is 6.33. The van der Waals surface area contributed by atoms with Gasteiger partial charge in [-0.05, 0) is 30.7 Å². The predicted molar refractivity (Wildman–Crippen MR) is 99.6 cm³/mol. The third-order valence-electron chi connectivity index (χ3n) is 4.25. The monoisotopic (exact) mass is 345 g/mol. The lowest BCUT2D eigenvalue weighted by atomic mass is 10.2. The molecule has 0 spiro atoms. The number of para-hydroxylation sites is 1. The quantitative estimate of drug-likeness (QED) is 0.586. The molecular weight excluding hydrogens is 326 g/mol. The number of nitrogens with zero attached hydrogens (tertiary/aromatic N) is 2. The molecule has 5 heteroatoms. The first-order chi connectivity index (χ1) is 12.7. The van der Waals surface area contributed by atoms with Gasteiger partial charge >= 0.3 is 0 Å². The minimum atomic E-state index is -0.126. The summed E-state index contributed by atoms with van der Waals surface area (Å²) >= 11 is 0. The number of fused-ring (bicyclic) bond motifs is 1. The zero-order valence-electron chi connectivity index (χ0n) is 14.5. The third-order valence-corrected chi connectivity index (χ3v) is 4.25. The highest BCUT2D eigenvalue weighted by molar-refractivity contribution is 5.92. The smallest absolute Gasteiger partial charge is 0.275 e. The summed E-state index contributed by atoms with van der Waals surface area (Å²) in [5.74, 6) is 0.626. The third kappa shape index (κ3) is 3.37. The van der Waals surface area contributed by atoms with E-state index in [1.165, 1.54) is 0 Å². The van der Waals surface area contributed by atoms with Crippen molar-refractivity contribution in [3.8, 4) is 0 Å². The highest BCUT2D eigenvalue weighted by Crippen LogP contribution is 2.21. The molecule has 0 fully saturated rings. The van der Waals surface area contributed by atoms with Crippen molar-refractivity contribution in [3.63, 3.8) is 0 Å². The molecule has 0 atom stereocenters. The fourth-order valence-corrected chi connectivity index (χ4v) is 3.00. The number of carbonyl (C=O) groups excluding carboxylic acids is 1. The number of aromatic amines is 1. The number of furan rings is 1. The molecule has 0 radical (unpaired) electrons. The van der Waals surface area contributed by atoms with Crippen LogP contribution in [0.2, 0.25) is 0 Å². The average molecular weight is 345 g/mol. The van der Waals surface area contributed by atoms with Crippen molar-refractivity contribution >= 4 is 16.9 Å². The maximum atomic E-state index is 13.0. The molecule has 4 aromatic rings. The standard InChI is InChI=1S/C21H19N3O2/c1-15-11-19(23-22-15)21(25)24(13-16-7-3-2-4-8-16)14-18-12-17-9-5-6-10-20(17)26-18/h2-12H,13-14H2,1H3,(H,22,23). The van der Waals surface area contributed by atoms with Gasteiger partial charge in [0, 0.05) is 17.6 Å². The lowest BCUT2D eigenvalue weighted by molar-refractivity contribution is 0.0712. The molecule has 0 aliphatic carbocycles. The minimum absolute atomic E-state index is 0.126. The van der Waals surface area contributed by atoms with Gasteiger partial charge in [0.2, 0.25) is 0 Å². The number of carbonyl (C=O) groups is 1. The first-order valence-electron chi connectivity index (χ1n) is 8.52. The normalized spacial score (nSPS) is 11.0. The van der Waals surface area contributed by atoms with Gasteiger partial charge in [0.1, 0.15) is 17.0 Å². The van der Waals surface area contributed by atoms with Crippen molar-refractivity contribution in [3.05, 3.63) is 89.4 Å². The van der Waals surface area contributed by atoms with E-state index in [1.807, 2.05) is 67.6 Å². The number of hydrogen-bond acceptors (Lipinski definition) is 3. The van der Waals surface area contributed by atoms with Gasteiger partial charge < -0.3 is 9.32 Å². The lowest BCUT2D eigenvalue weighted by Gasteiger charge is -2.20. The topological polar surface area (TPSA) is 62.1 Å². The van der Waals surface area contributed by atoms with Crippen molar-refractivity contribution in [2.45, 2.75) is 20.0 Å². The van der Waals surface area contributed by atoms with E-state index in [2.05, 4.69) is 10.2 Å². The maximum absolute atomic E-state index is 13.0. The fraction of sp³-hybridized carbons (Fsp3) is 0.143. The molecule has 2 aromatic carbocycles. The van der Waals surface area contributed by atoms with Crippen molar-refractivity contribution in [2.24, 2.45) is 0 Å². The van der Waals surface area contributed by atoms with Crippen LogP contribution < -0.4 is 0 Å². The number of aryl methyl sites for hydroxylation is 1. The Balaban J connectivity index is 1.63. The molecule has 1 N–H and O–H groups in total. The van der Waals surface area contributed by atoms with Crippen LogP contribution in [-0.4, -0.2) is 21.0 Å². The summed E-state index contributed by atoms with van der Waals surface area (Å²) in [5, 5.41) is 7.98. The Morgan fingerprint density at radius 2 is 1.81 bits per heavy atom. The summed E-state index contributed by atoms with van der Waals surface area (Å²) in [6.07, 6.45) is 0. The van der Waals surface area contributed by atoms with Gasteiger partial charge in [-0.3, -0.25) is 9.89 Å². The molecule has 1 amide bonds. The Morgan fingerprint density at radius 3 is 2.54 bits per heavy atom. The summed E-state index contributed by atoms with van der Waals surface area (Å²) in [4.78, 5) is 14.7. The summed E-state index contributed by atoms with van der Waals surface area (Å²) in [6.45, 7) is 2.75. The number of H-pyrrole nitrogens is 1. The van der Waals surface area contributed by atoms with E-state index in [0.717, 1.165) is 28.0 Å². The predicted octanol–water partition coefficient (Wildman–Crippen LogP) is 4.31. The van der Waals surface area contributed by atoms with Crippen LogP contribution in [0.5, 0.6) is 0 Å². The number of nitrogens with one attached hydrogen (secondary N) is 1. The SMILES string of the molecule is Cc1cc(C(=O)N(Cc2ccccc2)Cc2cc3ccccc3o2)n[nH]1. The van der Waals surface area contributed by atoms with Gasteiger partial charge in [0.05, 0.1) is 6.54 Å². The van der Waals surface area contributed by atoms with Crippen LogP contribution >= 0.6 is 0 Å². The number of benzene rings is 2. The molecule has 2 aromatic heterocycles. The first-order valence-corrected chi connectivity index (χ1v) is 8.52. The molecule has 0 saturated carbocycles. The molecule has 130 valence electrons. The van der Waals surface area contributed by atoms with Crippen molar-refractivity contribution < 1.29 is 9.21 Å². The molecule has 0 saturated heterocycles. The van der Waals surface area contributed by atoms with Crippen LogP contribution in [0.1, 0.15) is 27.5 Å². The van der Waals surface area contributed by atoms with Gasteiger partial charge in [0.15, 0.2) is 0 Å². The van der Waals surface area contributed by atoms with Crippen LogP contribution in [0.25, 0.3) is 11.0 Å². The second kappa shape index (κ2) is 6.88. The Kier molecular flexibility index (Phi) is 4.27. The Morgan fingerprint density at radius 1 is 1.04 bits per heavy atom. The number of rotatable bonds is 5. The van der Waals surface area contributed by atoms with Crippen LogP contribution in [0.15, 0.2) is 71.1 Å². The van der Waals surface area contributed by atoms with E-state index in [1.54, 1.807) is 11.0 Å². The molecule has 0 unspecified atom stereocenters. The van der Waals surface area contributed by atoms with Crippen LogP contribution in [0, 0.1) is 6.92 Å². The van der Waals surface area contributed by atoms with Crippen LogP contribution in [0.4, 0.5) is 0 Å². The van der Waals surface area contributed by atoms with E-state index < -0.39 is 0 Å². The van der Waals surface area contributed by atoms with Gasteiger partial charge in [-0.15, -0.1) is 0 Å². The van der Waals surface area contributed by atoms with Gasteiger partial charge in [-0.2, -0.15) is 5.10 Å². The summed E-state index contributed by atoms with van der Waals surface area (Å²) in [5.41, 5.74) is 3.15. The number of hydrogen-bond donors (Lipinski definition) is 1. The van der Waals surface area contributed by atoms with Crippen molar-refractivity contribution in [2.75, 3.05) is 0 Å². The summed E-state index contributed by atoms with van der Waals surface area (Å²) in [7, 11) is 0. The lowest BCUT2D eigenvalue weighted by Crippen LogP contribution is -2.30. The molecule has 0 aliphatic heterocycles. The van der Waals surface area contributed by atoms with Crippen molar-refractivity contribution in [1.29, 1.82) is 0 Å². The highest BCUT2D eigenvalue weighted by atomic mass is 16.3. The Labute approximate surface area is 151 Å². The molecule has 0 aliphatic rings. The van der Waals surface area contributed by atoms with Gasteiger partial charge in [-0.1, -0.05) is 48.5 Å². The summed E-state index contributed by atoms with van der Waals surface area (Å²) in [6, 6.07) is 21.5. The molecule has 5 nitrogen and oxygen atoms in total.